The fourth-order valence-electron chi connectivity index (χ4n) is 3.93. The number of benzene rings is 2. The van der Waals surface area contributed by atoms with E-state index in [-0.39, 0.29) is 17.9 Å². The van der Waals surface area contributed by atoms with Crippen LogP contribution in [-0.4, -0.2) is 22.1 Å². The van der Waals surface area contributed by atoms with Crippen molar-refractivity contribution in [3.63, 3.8) is 0 Å². The molecule has 0 saturated carbocycles. The molecule has 164 valence electrons. The summed E-state index contributed by atoms with van der Waals surface area (Å²) in [5.41, 5.74) is 3.29. The number of para-hydroxylation sites is 1. The van der Waals surface area contributed by atoms with Crippen LogP contribution in [0.1, 0.15) is 34.6 Å². The third-order valence-corrected chi connectivity index (χ3v) is 6.50. The zero-order valence-corrected chi connectivity index (χ0v) is 18.9. The number of fused-ring (bicyclic) bond motifs is 1. The normalized spacial score (nSPS) is 15.1. The molecule has 3 aromatic rings. The Hall–Kier alpha value is -3.32. The molecule has 32 heavy (non-hydrogen) atoms. The second kappa shape index (κ2) is 9.44. The summed E-state index contributed by atoms with van der Waals surface area (Å²) in [5.74, 6) is 1.24. The molecule has 7 heteroatoms. The van der Waals surface area contributed by atoms with Gasteiger partial charge in [-0.25, -0.2) is 0 Å². The van der Waals surface area contributed by atoms with Crippen LogP contribution in [0.25, 0.3) is 0 Å². The number of carbonyl (C=O) groups is 1. The predicted octanol–water partition coefficient (Wildman–Crippen LogP) is 4.42. The zero-order chi connectivity index (χ0) is 22.7. The van der Waals surface area contributed by atoms with Crippen LogP contribution in [0.2, 0.25) is 0 Å². The molecule has 2 heterocycles. The largest absolute Gasteiger partial charge is 0.489 e. The number of carbonyl (C=O) groups excluding carboxylic acids is 1. The van der Waals surface area contributed by atoms with Crippen molar-refractivity contribution < 1.29 is 9.53 Å². The van der Waals surface area contributed by atoms with Crippen molar-refractivity contribution in [1.29, 1.82) is 0 Å². The lowest BCUT2D eigenvalue weighted by atomic mass is 9.86. The zero-order valence-electron chi connectivity index (χ0n) is 18.1. The molecule has 0 spiro atoms. The Labute approximate surface area is 191 Å². The second-order valence-corrected chi connectivity index (χ2v) is 8.68. The predicted molar refractivity (Wildman–Crippen MR) is 127 cm³/mol. The first-order valence-corrected chi connectivity index (χ1v) is 11.4. The van der Waals surface area contributed by atoms with E-state index < -0.39 is 5.92 Å². The SMILES string of the molecule is C=CCOc1ccccc1C1CC(=O)Nc2c1c(=O)nc(SCc1cccc(C)c1)n2C. The number of ether oxygens (including phenoxy) is 1. The molecular formula is C25H25N3O3S. The van der Waals surface area contributed by atoms with Gasteiger partial charge in [0.15, 0.2) is 5.16 Å². The van der Waals surface area contributed by atoms with Gasteiger partial charge in [0.2, 0.25) is 5.91 Å². The van der Waals surface area contributed by atoms with E-state index in [2.05, 4.69) is 29.0 Å². The first-order valence-electron chi connectivity index (χ1n) is 10.4. The Morgan fingerprint density at radius 2 is 2.06 bits per heavy atom. The average Bonchev–Trinajstić information content (AvgIpc) is 2.78. The van der Waals surface area contributed by atoms with Crippen molar-refractivity contribution in [3.8, 4) is 5.75 Å². The molecule has 2 aromatic carbocycles. The van der Waals surface area contributed by atoms with Gasteiger partial charge in [0.1, 0.15) is 18.2 Å². The quantitative estimate of drug-likeness (QED) is 0.330. The van der Waals surface area contributed by atoms with Crippen molar-refractivity contribution in [2.45, 2.75) is 30.2 Å². The molecule has 1 unspecified atom stereocenters. The number of rotatable bonds is 7. The average molecular weight is 448 g/mol. The lowest BCUT2D eigenvalue weighted by molar-refractivity contribution is -0.116. The van der Waals surface area contributed by atoms with Crippen LogP contribution in [0.3, 0.4) is 0 Å². The molecule has 1 aromatic heterocycles. The van der Waals surface area contributed by atoms with Crippen LogP contribution in [0.4, 0.5) is 5.82 Å². The molecule has 0 saturated heterocycles. The number of amides is 1. The summed E-state index contributed by atoms with van der Waals surface area (Å²) in [5, 5.41) is 3.46. The third-order valence-electron chi connectivity index (χ3n) is 5.40. The highest BCUT2D eigenvalue weighted by molar-refractivity contribution is 7.98. The summed E-state index contributed by atoms with van der Waals surface area (Å²) in [6.45, 7) is 6.08. The number of nitrogens with one attached hydrogen (secondary N) is 1. The first-order chi connectivity index (χ1) is 15.5. The van der Waals surface area contributed by atoms with Gasteiger partial charge in [-0.05, 0) is 18.6 Å². The van der Waals surface area contributed by atoms with Crippen molar-refractivity contribution in [3.05, 3.63) is 93.8 Å². The minimum absolute atomic E-state index is 0.142. The first kappa shape index (κ1) is 21.9. The highest BCUT2D eigenvalue weighted by Gasteiger charge is 2.33. The maximum absolute atomic E-state index is 13.2. The molecule has 0 bridgehead atoms. The Balaban J connectivity index is 1.72. The van der Waals surface area contributed by atoms with Crippen molar-refractivity contribution in [2.24, 2.45) is 7.05 Å². The van der Waals surface area contributed by atoms with E-state index in [1.165, 1.54) is 17.3 Å². The number of aromatic nitrogens is 2. The maximum atomic E-state index is 13.2. The maximum Gasteiger partial charge on any atom is 0.279 e. The Morgan fingerprint density at radius 1 is 1.25 bits per heavy atom. The van der Waals surface area contributed by atoms with Crippen LogP contribution in [0.5, 0.6) is 5.75 Å². The monoisotopic (exact) mass is 447 g/mol. The van der Waals surface area contributed by atoms with E-state index >= 15 is 0 Å². The Kier molecular flexibility index (Phi) is 6.46. The molecule has 0 radical (unpaired) electrons. The minimum atomic E-state index is -0.429. The standard InChI is InChI=1S/C25H25N3O3S/c1-4-12-31-20-11-6-5-10-18(20)19-14-21(29)26-23-22(19)24(30)27-25(28(23)3)32-15-17-9-7-8-16(2)13-17/h4-11,13,19H,1,12,14-15H2,2-3H3,(H,26,29). The molecular weight excluding hydrogens is 422 g/mol. The fraction of sp³-hybridized carbons (Fsp3) is 0.240. The number of thioether (sulfide) groups is 1. The van der Waals surface area contributed by atoms with Gasteiger partial charge in [0.05, 0.1) is 5.56 Å². The highest BCUT2D eigenvalue weighted by atomic mass is 32.2. The number of anilines is 1. The molecule has 1 aliphatic rings. The smallest absolute Gasteiger partial charge is 0.279 e. The molecule has 6 nitrogen and oxygen atoms in total. The summed E-state index contributed by atoms with van der Waals surface area (Å²) in [6, 6.07) is 15.7. The molecule has 4 rings (SSSR count). The van der Waals surface area contributed by atoms with E-state index in [1.54, 1.807) is 10.6 Å². The highest BCUT2D eigenvalue weighted by Crippen LogP contribution is 2.39. The molecule has 1 atom stereocenters. The van der Waals surface area contributed by atoms with Gasteiger partial charge in [0.25, 0.3) is 5.56 Å². The van der Waals surface area contributed by atoms with E-state index in [9.17, 15) is 9.59 Å². The number of aryl methyl sites for hydroxylation is 1. The summed E-state index contributed by atoms with van der Waals surface area (Å²) >= 11 is 1.47. The van der Waals surface area contributed by atoms with Crippen molar-refractivity contribution in [2.75, 3.05) is 11.9 Å². The summed E-state index contributed by atoms with van der Waals surface area (Å²) in [6.07, 6.45) is 1.82. The van der Waals surface area contributed by atoms with Crippen LogP contribution >= 0.6 is 11.8 Å². The molecule has 1 aliphatic heterocycles. The second-order valence-electron chi connectivity index (χ2n) is 7.74. The topological polar surface area (TPSA) is 73.2 Å². The Bertz CT molecular complexity index is 1240. The van der Waals surface area contributed by atoms with Crippen LogP contribution in [0.15, 0.2) is 71.1 Å². The van der Waals surface area contributed by atoms with Crippen molar-refractivity contribution in [1.82, 2.24) is 9.55 Å². The third kappa shape index (κ3) is 4.48. The number of hydrogen-bond acceptors (Lipinski definition) is 5. The molecule has 1 N–H and O–H groups in total. The molecule has 1 amide bonds. The van der Waals surface area contributed by atoms with Crippen LogP contribution in [-0.2, 0) is 17.6 Å². The fourth-order valence-corrected chi connectivity index (χ4v) is 4.84. The minimum Gasteiger partial charge on any atom is -0.489 e. The van der Waals surface area contributed by atoms with Gasteiger partial charge < -0.3 is 14.6 Å². The van der Waals surface area contributed by atoms with Crippen LogP contribution < -0.4 is 15.6 Å². The number of hydrogen-bond donors (Lipinski definition) is 1. The summed E-state index contributed by atoms with van der Waals surface area (Å²) in [4.78, 5) is 30.2. The van der Waals surface area contributed by atoms with E-state index in [0.29, 0.717) is 34.6 Å². The molecule has 0 aliphatic carbocycles. The summed E-state index contributed by atoms with van der Waals surface area (Å²) < 4.78 is 7.60. The van der Waals surface area contributed by atoms with Gasteiger partial charge >= 0.3 is 0 Å². The lowest BCUT2D eigenvalue weighted by Gasteiger charge is -2.28. The molecule has 0 fully saturated rings. The van der Waals surface area contributed by atoms with Crippen molar-refractivity contribution >= 4 is 23.5 Å². The van der Waals surface area contributed by atoms with Gasteiger partial charge in [-0.1, -0.05) is 72.4 Å². The lowest BCUT2D eigenvalue weighted by Crippen LogP contribution is -2.33. The van der Waals surface area contributed by atoms with E-state index in [1.807, 2.05) is 50.4 Å². The summed E-state index contributed by atoms with van der Waals surface area (Å²) in [7, 11) is 1.83. The van der Waals surface area contributed by atoms with Gasteiger partial charge in [-0.15, -0.1) is 0 Å². The van der Waals surface area contributed by atoms with Gasteiger partial charge in [-0.2, -0.15) is 4.98 Å². The number of nitrogens with zero attached hydrogens (tertiary/aromatic N) is 2. The van der Waals surface area contributed by atoms with E-state index in [4.69, 9.17) is 4.74 Å². The van der Waals surface area contributed by atoms with Gasteiger partial charge in [0, 0.05) is 30.7 Å². The Morgan fingerprint density at radius 3 is 2.84 bits per heavy atom. The van der Waals surface area contributed by atoms with E-state index in [0.717, 1.165) is 11.1 Å². The van der Waals surface area contributed by atoms with Gasteiger partial charge in [-0.3, -0.25) is 9.59 Å². The van der Waals surface area contributed by atoms with Crippen LogP contribution in [0, 0.1) is 6.92 Å².